The van der Waals surface area contributed by atoms with Gasteiger partial charge in [0.05, 0.1) is 29.9 Å². The van der Waals surface area contributed by atoms with Crippen LogP contribution in [0.15, 0.2) is 36.4 Å². The van der Waals surface area contributed by atoms with Gasteiger partial charge >= 0.3 is 5.97 Å². The lowest BCUT2D eigenvalue weighted by Gasteiger charge is -2.10. The Labute approximate surface area is 171 Å². The molecule has 1 N–H and O–H groups in total. The number of hydrogen-bond acceptors (Lipinski definition) is 7. The van der Waals surface area contributed by atoms with Crippen LogP contribution in [0.2, 0.25) is 5.02 Å². The van der Waals surface area contributed by atoms with Crippen molar-refractivity contribution in [1.29, 1.82) is 0 Å². The van der Waals surface area contributed by atoms with Gasteiger partial charge in [-0.2, -0.15) is 0 Å². The third-order valence-electron chi connectivity index (χ3n) is 3.87. The number of methoxy groups -OCH3 is 2. The third kappa shape index (κ3) is 6.35. The molecule has 0 atom stereocenters. The van der Waals surface area contributed by atoms with Crippen LogP contribution < -0.4 is 14.8 Å². The van der Waals surface area contributed by atoms with Crippen LogP contribution in [0.3, 0.4) is 0 Å². The van der Waals surface area contributed by atoms with Gasteiger partial charge in [0.2, 0.25) is 0 Å². The van der Waals surface area contributed by atoms with Crippen LogP contribution in [0.4, 0.5) is 11.4 Å². The van der Waals surface area contributed by atoms with Crippen molar-refractivity contribution in [2.24, 2.45) is 0 Å². The summed E-state index contributed by atoms with van der Waals surface area (Å²) in [6, 6.07) is 8.93. The van der Waals surface area contributed by atoms with E-state index < -0.39 is 23.4 Å². The van der Waals surface area contributed by atoms with Crippen molar-refractivity contribution in [2.45, 2.75) is 12.8 Å². The van der Waals surface area contributed by atoms with Gasteiger partial charge in [-0.05, 0) is 30.2 Å². The van der Waals surface area contributed by atoms with E-state index in [2.05, 4.69) is 5.32 Å². The Hall–Kier alpha value is -3.33. The second kappa shape index (κ2) is 10.3. The van der Waals surface area contributed by atoms with Gasteiger partial charge in [-0.1, -0.05) is 17.7 Å². The first-order valence-corrected chi connectivity index (χ1v) is 8.82. The maximum absolute atomic E-state index is 11.9. The maximum atomic E-state index is 11.9. The highest BCUT2D eigenvalue weighted by Crippen LogP contribution is 2.28. The third-order valence-corrected chi connectivity index (χ3v) is 4.18. The number of rotatable bonds is 9. The smallest absolute Gasteiger partial charge is 0.306 e. The van der Waals surface area contributed by atoms with Gasteiger partial charge in [0, 0.05) is 18.6 Å². The molecule has 0 aliphatic rings. The van der Waals surface area contributed by atoms with Gasteiger partial charge in [0.15, 0.2) is 18.1 Å². The quantitative estimate of drug-likeness (QED) is 0.374. The van der Waals surface area contributed by atoms with E-state index in [1.54, 1.807) is 18.2 Å². The molecule has 1 amide bonds. The Morgan fingerprint density at radius 2 is 1.83 bits per heavy atom. The van der Waals surface area contributed by atoms with E-state index in [1.165, 1.54) is 26.4 Å². The van der Waals surface area contributed by atoms with Gasteiger partial charge in [-0.3, -0.25) is 19.7 Å². The summed E-state index contributed by atoms with van der Waals surface area (Å²) in [6.07, 6.45) is 0.468. The molecule has 154 valence electrons. The lowest BCUT2D eigenvalue weighted by Crippen LogP contribution is -2.21. The molecule has 2 rings (SSSR count). The highest BCUT2D eigenvalue weighted by Gasteiger charge is 2.13. The van der Waals surface area contributed by atoms with Crippen LogP contribution >= 0.6 is 11.6 Å². The van der Waals surface area contributed by atoms with Crippen LogP contribution in [-0.2, 0) is 20.7 Å². The minimum atomic E-state index is -0.611. The van der Waals surface area contributed by atoms with Gasteiger partial charge in [0.25, 0.3) is 11.6 Å². The van der Waals surface area contributed by atoms with Crippen LogP contribution in [0.5, 0.6) is 11.5 Å². The molecule has 0 bridgehead atoms. The number of nitrogens with one attached hydrogen (secondary N) is 1. The molecule has 0 unspecified atom stereocenters. The normalized spacial score (nSPS) is 10.2. The molecule has 0 saturated heterocycles. The number of non-ortho nitro benzene ring substituents is 1. The Morgan fingerprint density at radius 1 is 1.10 bits per heavy atom. The molecule has 9 nitrogen and oxygen atoms in total. The molecule has 2 aromatic carbocycles. The molecule has 2 aromatic rings. The number of carbonyl (C=O) groups is 2. The van der Waals surface area contributed by atoms with E-state index in [0.717, 1.165) is 11.6 Å². The molecular weight excluding hydrogens is 404 g/mol. The van der Waals surface area contributed by atoms with E-state index in [9.17, 15) is 19.7 Å². The number of halogens is 1. The zero-order valence-corrected chi connectivity index (χ0v) is 16.5. The average Bonchev–Trinajstić information content (AvgIpc) is 2.71. The number of nitro benzene ring substituents is 1. The molecule has 0 heterocycles. The van der Waals surface area contributed by atoms with E-state index in [4.69, 9.17) is 25.8 Å². The fraction of sp³-hybridized carbons (Fsp3) is 0.263. The Balaban J connectivity index is 1.82. The van der Waals surface area contributed by atoms with Crippen molar-refractivity contribution < 1.29 is 28.7 Å². The Morgan fingerprint density at radius 3 is 2.45 bits per heavy atom. The highest BCUT2D eigenvalue weighted by molar-refractivity contribution is 6.34. The monoisotopic (exact) mass is 422 g/mol. The first-order chi connectivity index (χ1) is 13.8. The predicted molar refractivity (Wildman–Crippen MR) is 106 cm³/mol. The number of aryl methyl sites for hydroxylation is 1. The second-order valence-electron chi connectivity index (χ2n) is 5.82. The minimum absolute atomic E-state index is 0.00679. The Kier molecular flexibility index (Phi) is 7.79. The lowest BCUT2D eigenvalue weighted by molar-refractivity contribution is -0.384. The number of nitrogens with zero attached hydrogens (tertiary/aromatic N) is 1. The number of carbonyl (C=O) groups excluding carboxylic acids is 2. The van der Waals surface area contributed by atoms with Crippen molar-refractivity contribution in [1.82, 2.24) is 0 Å². The van der Waals surface area contributed by atoms with E-state index >= 15 is 0 Å². The SMILES string of the molecule is COc1ccc(CCC(=O)OCC(=O)Nc2ccc([N+](=O)[O-])cc2Cl)cc1OC. The van der Waals surface area contributed by atoms with Crippen LogP contribution in [-0.4, -0.2) is 37.6 Å². The van der Waals surface area contributed by atoms with E-state index in [-0.39, 0.29) is 22.8 Å². The molecule has 29 heavy (non-hydrogen) atoms. The number of amides is 1. The van der Waals surface area contributed by atoms with Gasteiger partial charge in [-0.15, -0.1) is 0 Å². The van der Waals surface area contributed by atoms with Gasteiger partial charge in [-0.25, -0.2) is 0 Å². The summed E-state index contributed by atoms with van der Waals surface area (Å²) in [7, 11) is 3.05. The number of ether oxygens (including phenoxy) is 3. The number of nitro groups is 1. The molecular formula is C19H19ClN2O7. The molecule has 0 spiro atoms. The van der Waals surface area contributed by atoms with Crippen molar-refractivity contribution >= 4 is 34.9 Å². The molecule has 0 aliphatic heterocycles. The van der Waals surface area contributed by atoms with E-state index in [0.29, 0.717) is 17.9 Å². The zero-order valence-electron chi connectivity index (χ0n) is 15.8. The lowest BCUT2D eigenvalue weighted by atomic mass is 10.1. The standard InChI is InChI=1S/C19H19ClN2O7/c1-27-16-7-3-12(9-17(16)28-2)4-8-19(24)29-11-18(23)21-15-6-5-13(22(25)26)10-14(15)20/h3,5-7,9-10H,4,8,11H2,1-2H3,(H,21,23). The predicted octanol–water partition coefficient (Wildman–Crippen LogP) is 3.38. The first kappa shape index (κ1) is 22.0. The number of esters is 1. The maximum Gasteiger partial charge on any atom is 0.306 e. The van der Waals surface area contributed by atoms with Crippen LogP contribution in [0.25, 0.3) is 0 Å². The summed E-state index contributed by atoms with van der Waals surface area (Å²) in [5.74, 6) is -0.0249. The molecule has 0 radical (unpaired) electrons. The summed E-state index contributed by atoms with van der Waals surface area (Å²) < 4.78 is 15.3. The summed E-state index contributed by atoms with van der Waals surface area (Å²) in [4.78, 5) is 33.9. The van der Waals surface area contributed by atoms with Crippen LogP contribution in [0, 0.1) is 10.1 Å². The number of benzene rings is 2. The van der Waals surface area contributed by atoms with Crippen molar-refractivity contribution in [2.75, 3.05) is 26.1 Å². The first-order valence-electron chi connectivity index (χ1n) is 8.44. The molecule has 10 heteroatoms. The minimum Gasteiger partial charge on any atom is -0.493 e. The topological polar surface area (TPSA) is 117 Å². The van der Waals surface area contributed by atoms with Crippen molar-refractivity contribution in [3.63, 3.8) is 0 Å². The zero-order chi connectivity index (χ0) is 21.4. The molecule has 0 saturated carbocycles. The fourth-order valence-corrected chi connectivity index (χ4v) is 2.63. The summed E-state index contributed by atoms with van der Waals surface area (Å²) >= 11 is 5.90. The largest absolute Gasteiger partial charge is 0.493 e. The highest BCUT2D eigenvalue weighted by atomic mass is 35.5. The van der Waals surface area contributed by atoms with E-state index in [1.807, 2.05) is 0 Å². The average molecular weight is 423 g/mol. The number of anilines is 1. The summed E-state index contributed by atoms with van der Waals surface area (Å²) in [5, 5.41) is 13.1. The summed E-state index contributed by atoms with van der Waals surface area (Å²) in [6.45, 7) is -0.502. The number of hydrogen-bond donors (Lipinski definition) is 1. The molecule has 0 fully saturated rings. The second-order valence-corrected chi connectivity index (χ2v) is 6.23. The fourth-order valence-electron chi connectivity index (χ4n) is 2.41. The summed E-state index contributed by atoms with van der Waals surface area (Å²) in [5.41, 5.74) is 0.833. The van der Waals surface area contributed by atoms with Crippen LogP contribution in [0.1, 0.15) is 12.0 Å². The Bertz CT molecular complexity index is 917. The van der Waals surface area contributed by atoms with Crippen molar-refractivity contribution in [3.05, 3.63) is 57.1 Å². The molecule has 0 aliphatic carbocycles. The van der Waals surface area contributed by atoms with Gasteiger partial charge in [0.1, 0.15) is 0 Å². The molecule has 0 aromatic heterocycles. The van der Waals surface area contributed by atoms with Gasteiger partial charge < -0.3 is 19.5 Å². The van der Waals surface area contributed by atoms with Crippen molar-refractivity contribution in [3.8, 4) is 11.5 Å².